The van der Waals surface area contributed by atoms with Crippen molar-refractivity contribution in [3.05, 3.63) is 42.4 Å². The molecule has 2 fully saturated rings. The predicted octanol–water partition coefficient (Wildman–Crippen LogP) is 3.72. The van der Waals surface area contributed by atoms with E-state index >= 15 is 0 Å². The van der Waals surface area contributed by atoms with Gasteiger partial charge in [-0.2, -0.15) is 10.4 Å². The van der Waals surface area contributed by atoms with E-state index in [-0.39, 0.29) is 12.7 Å². The monoisotopic (exact) mass is 518 g/mol. The van der Waals surface area contributed by atoms with E-state index in [1.54, 1.807) is 30.8 Å². The highest BCUT2D eigenvalue weighted by molar-refractivity contribution is 5.85. The predicted molar refractivity (Wildman–Crippen MR) is 142 cm³/mol. The largest absolute Gasteiger partial charge is 0.489 e. The van der Waals surface area contributed by atoms with Crippen molar-refractivity contribution in [2.24, 2.45) is 11.8 Å². The van der Waals surface area contributed by atoms with E-state index < -0.39 is 11.2 Å². The normalized spacial score (nSPS) is 19.5. The maximum absolute atomic E-state index is 12.5. The number of hydrogen-bond donors (Lipinski definition) is 1. The highest BCUT2D eigenvalue weighted by atomic mass is 16.6. The molecule has 3 aromatic rings. The van der Waals surface area contributed by atoms with Gasteiger partial charge < -0.3 is 24.4 Å². The number of aromatic nitrogens is 3. The lowest BCUT2D eigenvalue weighted by atomic mass is 10.0. The third kappa shape index (κ3) is 5.38. The Morgan fingerprint density at radius 1 is 1.13 bits per heavy atom. The molecule has 2 aliphatic heterocycles. The standard InChI is InChI=1S/C28H34N6O4/c1-27(2,3)38-26(35)33-14-20-12-32(13-21(20)15-33)24-7-6-18(10-30-24)23-8-22(37-17-28(4,5)36)16-34-25(23)19(9-29)11-31-34/h6-8,10-11,16,20-21,36H,12-15,17H2,1-5H3/t20-,21+. The van der Waals surface area contributed by atoms with Crippen molar-refractivity contribution in [2.45, 2.75) is 45.8 Å². The molecule has 2 saturated heterocycles. The van der Waals surface area contributed by atoms with Gasteiger partial charge in [0.25, 0.3) is 0 Å². The van der Waals surface area contributed by atoms with Crippen LogP contribution in [-0.2, 0) is 4.74 Å². The van der Waals surface area contributed by atoms with E-state index in [1.165, 1.54) is 6.20 Å². The molecule has 38 heavy (non-hydrogen) atoms. The summed E-state index contributed by atoms with van der Waals surface area (Å²) < 4.78 is 13.0. The number of rotatable bonds is 5. The van der Waals surface area contributed by atoms with Gasteiger partial charge in [-0.1, -0.05) is 0 Å². The number of carbonyl (C=O) groups excluding carboxylic acids is 1. The first-order valence-electron chi connectivity index (χ1n) is 12.9. The number of hydrogen-bond acceptors (Lipinski definition) is 8. The molecule has 0 spiro atoms. The second-order valence-corrected chi connectivity index (χ2v) is 11.9. The Kier molecular flexibility index (Phi) is 6.43. The molecule has 1 N–H and O–H groups in total. The summed E-state index contributed by atoms with van der Waals surface area (Å²) >= 11 is 0. The van der Waals surface area contributed by atoms with Gasteiger partial charge in [-0.25, -0.2) is 14.3 Å². The van der Waals surface area contributed by atoms with Crippen LogP contribution in [0.5, 0.6) is 5.75 Å². The zero-order valence-corrected chi connectivity index (χ0v) is 22.5. The number of carbonyl (C=O) groups is 1. The van der Waals surface area contributed by atoms with Crippen molar-refractivity contribution in [2.75, 3.05) is 37.7 Å². The van der Waals surface area contributed by atoms with E-state index in [1.807, 2.05) is 43.9 Å². The minimum absolute atomic E-state index is 0.115. The van der Waals surface area contributed by atoms with Crippen molar-refractivity contribution in [1.29, 1.82) is 5.26 Å². The van der Waals surface area contributed by atoms with Gasteiger partial charge in [0, 0.05) is 55.3 Å². The first kappa shape index (κ1) is 25.8. The average Bonchev–Trinajstić information content (AvgIpc) is 3.54. The molecule has 10 nitrogen and oxygen atoms in total. The maximum atomic E-state index is 12.5. The molecule has 0 unspecified atom stereocenters. The van der Waals surface area contributed by atoms with Gasteiger partial charge in [0.1, 0.15) is 29.8 Å². The fraction of sp³-hybridized carbons (Fsp3) is 0.500. The number of ether oxygens (including phenoxy) is 2. The molecule has 5 heterocycles. The molecule has 5 rings (SSSR count). The zero-order valence-electron chi connectivity index (χ0n) is 22.5. The summed E-state index contributed by atoms with van der Waals surface area (Å²) in [6.07, 6.45) is 4.80. The number of fused-ring (bicyclic) bond motifs is 2. The SMILES string of the molecule is CC(C)(O)COc1cc(-c2ccc(N3C[C@H]4CN(C(=O)OC(C)(C)C)C[C@H]4C3)nc2)c2c(C#N)cnn2c1. The number of anilines is 1. The molecule has 2 atom stereocenters. The summed E-state index contributed by atoms with van der Waals surface area (Å²) in [6, 6.07) is 8.05. The third-order valence-corrected chi connectivity index (χ3v) is 6.82. The summed E-state index contributed by atoms with van der Waals surface area (Å²) in [6.45, 7) is 12.2. The van der Waals surface area contributed by atoms with Gasteiger partial charge >= 0.3 is 6.09 Å². The molecule has 0 saturated carbocycles. The van der Waals surface area contributed by atoms with Crippen LogP contribution in [-0.4, -0.2) is 74.7 Å². The van der Waals surface area contributed by atoms with E-state index in [0.717, 1.165) is 30.0 Å². The Morgan fingerprint density at radius 2 is 1.84 bits per heavy atom. The van der Waals surface area contributed by atoms with E-state index in [4.69, 9.17) is 14.5 Å². The lowest BCUT2D eigenvalue weighted by Gasteiger charge is -2.26. The smallest absolute Gasteiger partial charge is 0.410 e. The molecule has 2 aliphatic rings. The van der Waals surface area contributed by atoms with Crippen LogP contribution in [0.1, 0.15) is 40.2 Å². The van der Waals surface area contributed by atoms with Crippen LogP contribution in [0.4, 0.5) is 10.6 Å². The number of amides is 1. The van der Waals surface area contributed by atoms with Crippen LogP contribution in [0.2, 0.25) is 0 Å². The zero-order chi connectivity index (χ0) is 27.2. The average molecular weight is 519 g/mol. The number of aliphatic hydroxyl groups is 1. The quantitative estimate of drug-likeness (QED) is 0.543. The first-order chi connectivity index (χ1) is 17.9. The van der Waals surface area contributed by atoms with Crippen molar-refractivity contribution >= 4 is 17.4 Å². The number of nitriles is 1. The molecule has 1 amide bonds. The Bertz CT molecular complexity index is 1370. The Labute approximate surface area is 222 Å². The van der Waals surface area contributed by atoms with Crippen molar-refractivity contribution in [3.63, 3.8) is 0 Å². The lowest BCUT2D eigenvalue weighted by molar-refractivity contribution is 0.0277. The van der Waals surface area contributed by atoms with Gasteiger partial charge in [-0.05, 0) is 52.8 Å². The minimum Gasteiger partial charge on any atom is -0.489 e. The molecule has 0 aromatic carbocycles. The maximum Gasteiger partial charge on any atom is 0.410 e. The summed E-state index contributed by atoms with van der Waals surface area (Å²) in [7, 11) is 0. The van der Waals surface area contributed by atoms with E-state index in [2.05, 4.69) is 16.1 Å². The summed E-state index contributed by atoms with van der Waals surface area (Å²) in [5.41, 5.74) is 1.26. The van der Waals surface area contributed by atoms with Crippen molar-refractivity contribution < 1.29 is 19.4 Å². The van der Waals surface area contributed by atoms with Gasteiger partial charge in [0.05, 0.1) is 29.1 Å². The lowest BCUT2D eigenvalue weighted by Crippen LogP contribution is -2.37. The number of pyridine rings is 2. The molecular weight excluding hydrogens is 484 g/mol. The van der Waals surface area contributed by atoms with Crippen LogP contribution in [0.25, 0.3) is 16.6 Å². The topological polar surface area (TPSA) is 116 Å². The Hall–Kier alpha value is -3.84. The molecule has 0 radical (unpaired) electrons. The molecule has 200 valence electrons. The molecular formula is C28H34N6O4. The highest BCUT2D eigenvalue weighted by Crippen LogP contribution is 2.36. The fourth-order valence-corrected chi connectivity index (χ4v) is 5.13. The minimum atomic E-state index is -0.988. The number of likely N-dealkylation sites (tertiary alicyclic amines) is 1. The molecule has 10 heteroatoms. The third-order valence-electron chi connectivity index (χ3n) is 6.82. The summed E-state index contributed by atoms with van der Waals surface area (Å²) in [5.74, 6) is 2.19. The van der Waals surface area contributed by atoms with Gasteiger partial charge in [-0.3, -0.25) is 0 Å². The van der Waals surface area contributed by atoms with Crippen LogP contribution < -0.4 is 9.64 Å². The second kappa shape index (κ2) is 9.48. The van der Waals surface area contributed by atoms with Gasteiger partial charge in [0.15, 0.2) is 0 Å². The van der Waals surface area contributed by atoms with Crippen LogP contribution in [0.3, 0.4) is 0 Å². The molecule has 0 bridgehead atoms. The van der Waals surface area contributed by atoms with Crippen LogP contribution >= 0.6 is 0 Å². The van der Waals surface area contributed by atoms with Crippen molar-refractivity contribution in [1.82, 2.24) is 19.5 Å². The van der Waals surface area contributed by atoms with Gasteiger partial charge in [0.2, 0.25) is 0 Å². The van der Waals surface area contributed by atoms with Crippen molar-refractivity contribution in [3.8, 4) is 22.9 Å². The van der Waals surface area contributed by atoms with Gasteiger partial charge in [-0.15, -0.1) is 0 Å². The second-order valence-electron chi connectivity index (χ2n) is 11.9. The van der Waals surface area contributed by atoms with E-state index in [9.17, 15) is 15.2 Å². The summed E-state index contributed by atoms with van der Waals surface area (Å²) in [5, 5.41) is 24.0. The van der Waals surface area contributed by atoms with Crippen LogP contribution in [0, 0.1) is 23.2 Å². The summed E-state index contributed by atoms with van der Waals surface area (Å²) in [4.78, 5) is 21.3. The Balaban J connectivity index is 1.33. The molecule has 0 aliphatic carbocycles. The number of nitrogens with zero attached hydrogens (tertiary/aromatic N) is 6. The fourth-order valence-electron chi connectivity index (χ4n) is 5.13. The highest BCUT2D eigenvalue weighted by Gasteiger charge is 2.43. The van der Waals surface area contributed by atoms with E-state index in [0.29, 0.717) is 41.8 Å². The first-order valence-corrected chi connectivity index (χ1v) is 12.9. The van der Waals surface area contributed by atoms with Crippen LogP contribution in [0.15, 0.2) is 36.8 Å². The molecule has 3 aromatic heterocycles. The Morgan fingerprint density at radius 3 is 2.42 bits per heavy atom.